The first-order valence-corrected chi connectivity index (χ1v) is 5.82. The molecule has 82 valence electrons. The van der Waals surface area contributed by atoms with Gasteiger partial charge in [-0.05, 0) is 38.7 Å². The van der Waals surface area contributed by atoms with Crippen LogP contribution >= 0.6 is 0 Å². The van der Waals surface area contributed by atoms with Crippen LogP contribution in [0.5, 0.6) is 0 Å². The van der Waals surface area contributed by atoms with Crippen LogP contribution in [0, 0.1) is 12.8 Å². The molecule has 1 aromatic heterocycles. The van der Waals surface area contributed by atoms with E-state index in [9.17, 15) is 0 Å². The second-order valence-electron chi connectivity index (χ2n) is 4.50. The van der Waals surface area contributed by atoms with Crippen LogP contribution in [0.1, 0.15) is 38.3 Å². The highest BCUT2D eigenvalue weighted by molar-refractivity contribution is 5.26. The summed E-state index contributed by atoms with van der Waals surface area (Å²) < 4.78 is 0. The first-order valence-electron chi connectivity index (χ1n) is 5.82. The number of hydrogen-bond donors (Lipinski definition) is 1. The lowest BCUT2D eigenvalue weighted by atomic mass is 10.0. The lowest BCUT2D eigenvalue weighted by molar-refractivity contribution is 0.480. The van der Waals surface area contributed by atoms with Crippen LogP contribution in [0.4, 0.5) is 5.95 Å². The molecule has 1 heterocycles. The Hall–Kier alpha value is -1.12. The molecular formula is C12H19N3. The monoisotopic (exact) mass is 205 g/mol. The third kappa shape index (κ3) is 2.67. The van der Waals surface area contributed by atoms with Crippen molar-refractivity contribution < 1.29 is 0 Å². The molecule has 15 heavy (non-hydrogen) atoms. The Balaban J connectivity index is 1.95. The van der Waals surface area contributed by atoms with Crippen LogP contribution in [0.25, 0.3) is 0 Å². The first-order chi connectivity index (χ1) is 7.25. The molecule has 0 bridgehead atoms. The number of hydrogen-bond acceptors (Lipinski definition) is 3. The zero-order valence-electron chi connectivity index (χ0n) is 9.53. The van der Waals surface area contributed by atoms with Gasteiger partial charge in [0.1, 0.15) is 0 Å². The standard InChI is InChI=1S/C12H19N3/c1-9-7-8-13-12(14-9)15-10(2)11-5-3-4-6-11/h7-8,10-11H,3-6H2,1-2H3,(H,13,14,15). The lowest BCUT2D eigenvalue weighted by Crippen LogP contribution is -2.24. The van der Waals surface area contributed by atoms with Gasteiger partial charge in [-0.15, -0.1) is 0 Å². The van der Waals surface area contributed by atoms with E-state index >= 15 is 0 Å². The van der Waals surface area contributed by atoms with Gasteiger partial charge in [0.15, 0.2) is 0 Å². The van der Waals surface area contributed by atoms with Gasteiger partial charge in [-0.1, -0.05) is 12.8 Å². The van der Waals surface area contributed by atoms with Crippen molar-refractivity contribution in [1.82, 2.24) is 9.97 Å². The van der Waals surface area contributed by atoms with Crippen molar-refractivity contribution in [2.24, 2.45) is 5.92 Å². The zero-order valence-corrected chi connectivity index (χ0v) is 9.53. The average Bonchev–Trinajstić information content (AvgIpc) is 2.70. The van der Waals surface area contributed by atoms with Crippen molar-refractivity contribution in [3.8, 4) is 0 Å². The van der Waals surface area contributed by atoms with Gasteiger partial charge < -0.3 is 5.32 Å². The minimum absolute atomic E-state index is 0.495. The predicted molar refractivity (Wildman–Crippen MR) is 61.8 cm³/mol. The Kier molecular flexibility index (Phi) is 3.19. The van der Waals surface area contributed by atoms with E-state index in [1.807, 2.05) is 19.2 Å². The van der Waals surface area contributed by atoms with Gasteiger partial charge in [0.2, 0.25) is 5.95 Å². The molecule has 0 radical (unpaired) electrons. The van der Waals surface area contributed by atoms with Gasteiger partial charge >= 0.3 is 0 Å². The fourth-order valence-electron chi connectivity index (χ4n) is 2.30. The van der Waals surface area contributed by atoms with E-state index < -0.39 is 0 Å². The summed E-state index contributed by atoms with van der Waals surface area (Å²) in [4.78, 5) is 8.59. The summed E-state index contributed by atoms with van der Waals surface area (Å²) in [6.45, 7) is 4.23. The van der Waals surface area contributed by atoms with Crippen molar-refractivity contribution in [2.75, 3.05) is 5.32 Å². The van der Waals surface area contributed by atoms with Crippen molar-refractivity contribution in [3.05, 3.63) is 18.0 Å². The predicted octanol–water partition coefficient (Wildman–Crippen LogP) is 2.78. The summed E-state index contributed by atoms with van der Waals surface area (Å²) in [5, 5.41) is 3.40. The zero-order chi connectivity index (χ0) is 10.7. The number of anilines is 1. The van der Waals surface area contributed by atoms with Crippen molar-refractivity contribution >= 4 is 5.95 Å². The second kappa shape index (κ2) is 4.60. The molecule has 1 aliphatic rings. The Bertz CT molecular complexity index is 318. The quantitative estimate of drug-likeness (QED) is 0.824. The molecule has 0 spiro atoms. The third-order valence-electron chi connectivity index (χ3n) is 3.26. The summed E-state index contributed by atoms with van der Waals surface area (Å²) in [6, 6.07) is 2.42. The minimum Gasteiger partial charge on any atom is -0.351 e. The molecule has 3 heteroatoms. The van der Waals surface area contributed by atoms with Crippen molar-refractivity contribution in [3.63, 3.8) is 0 Å². The van der Waals surface area contributed by atoms with E-state index in [0.717, 1.165) is 17.6 Å². The number of aryl methyl sites for hydroxylation is 1. The minimum atomic E-state index is 0.495. The highest BCUT2D eigenvalue weighted by atomic mass is 15.1. The van der Waals surface area contributed by atoms with E-state index in [-0.39, 0.29) is 0 Å². The summed E-state index contributed by atoms with van der Waals surface area (Å²) in [7, 11) is 0. The highest BCUT2D eigenvalue weighted by Crippen LogP contribution is 2.28. The molecule has 0 aromatic carbocycles. The first kappa shape index (κ1) is 10.4. The maximum absolute atomic E-state index is 4.36. The third-order valence-corrected chi connectivity index (χ3v) is 3.26. The molecule has 2 rings (SSSR count). The summed E-state index contributed by atoms with van der Waals surface area (Å²) in [6.07, 6.45) is 7.27. The number of rotatable bonds is 3. The maximum Gasteiger partial charge on any atom is 0.223 e. The topological polar surface area (TPSA) is 37.8 Å². The maximum atomic E-state index is 4.36. The van der Waals surface area contributed by atoms with Crippen LogP contribution < -0.4 is 5.32 Å². The Morgan fingerprint density at radius 1 is 1.40 bits per heavy atom. The molecular weight excluding hydrogens is 186 g/mol. The van der Waals surface area contributed by atoms with Gasteiger partial charge in [-0.3, -0.25) is 0 Å². The Labute approximate surface area is 91.3 Å². The molecule has 1 aliphatic carbocycles. The van der Waals surface area contributed by atoms with Gasteiger partial charge in [0.25, 0.3) is 0 Å². The van der Waals surface area contributed by atoms with Gasteiger partial charge in [0, 0.05) is 17.9 Å². The molecule has 0 saturated heterocycles. The van der Waals surface area contributed by atoms with Crippen LogP contribution in [0.15, 0.2) is 12.3 Å². The molecule has 1 fully saturated rings. The molecule has 1 N–H and O–H groups in total. The fraction of sp³-hybridized carbons (Fsp3) is 0.667. The average molecular weight is 205 g/mol. The van der Waals surface area contributed by atoms with Crippen LogP contribution in [-0.4, -0.2) is 16.0 Å². The van der Waals surface area contributed by atoms with Crippen molar-refractivity contribution in [1.29, 1.82) is 0 Å². The molecule has 0 aliphatic heterocycles. The fourth-order valence-corrected chi connectivity index (χ4v) is 2.30. The smallest absolute Gasteiger partial charge is 0.223 e. The molecule has 3 nitrogen and oxygen atoms in total. The largest absolute Gasteiger partial charge is 0.351 e. The van der Waals surface area contributed by atoms with E-state index in [4.69, 9.17) is 0 Å². The molecule has 1 saturated carbocycles. The number of nitrogens with zero attached hydrogens (tertiary/aromatic N) is 2. The van der Waals surface area contributed by atoms with Crippen LogP contribution in [0.2, 0.25) is 0 Å². The SMILES string of the molecule is Cc1ccnc(NC(C)C2CCCC2)n1. The lowest BCUT2D eigenvalue weighted by Gasteiger charge is -2.20. The molecule has 0 amide bonds. The van der Waals surface area contributed by atoms with E-state index in [1.165, 1.54) is 25.7 Å². The molecule has 1 unspecified atom stereocenters. The molecule has 1 aromatic rings. The highest BCUT2D eigenvalue weighted by Gasteiger charge is 2.21. The normalized spacial score (nSPS) is 19.1. The molecule has 1 atom stereocenters. The van der Waals surface area contributed by atoms with Gasteiger partial charge in [-0.25, -0.2) is 9.97 Å². The van der Waals surface area contributed by atoms with E-state index in [0.29, 0.717) is 6.04 Å². The van der Waals surface area contributed by atoms with Crippen molar-refractivity contribution in [2.45, 2.75) is 45.6 Å². The van der Waals surface area contributed by atoms with Gasteiger partial charge in [0.05, 0.1) is 0 Å². The number of aromatic nitrogens is 2. The second-order valence-corrected chi connectivity index (χ2v) is 4.50. The Morgan fingerprint density at radius 3 is 2.80 bits per heavy atom. The van der Waals surface area contributed by atoms with E-state index in [2.05, 4.69) is 22.2 Å². The van der Waals surface area contributed by atoms with Gasteiger partial charge in [-0.2, -0.15) is 0 Å². The van der Waals surface area contributed by atoms with E-state index in [1.54, 1.807) is 0 Å². The summed E-state index contributed by atoms with van der Waals surface area (Å²) in [5.74, 6) is 1.57. The summed E-state index contributed by atoms with van der Waals surface area (Å²) in [5.41, 5.74) is 1.02. The summed E-state index contributed by atoms with van der Waals surface area (Å²) >= 11 is 0. The number of nitrogens with one attached hydrogen (secondary N) is 1. The van der Waals surface area contributed by atoms with Crippen LogP contribution in [-0.2, 0) is 0 Å². The van der Waals surface area contributed by atoms with Crippen LogP contribution in [0.3, 0.4) is 0 Å². The Morgan fingerprint density at radius 2 is 2.13 bits per heavy atom.